The largest absolute Gasteiger partial charge is 0.477 e. The Morgan fingerprint density at radius 3 is 2.83 bits per heavy atom. The van der Waals surface area contributed by atoms with Gasteiger partial charge in [0.05, 0.1) is 11.4 Å². The summed E-state index contributed by atoms with van der Waals surface area (Å²) in [6, 6.07) is -0.386. The van der Waals surface area contributed by atoms with Gasteiger partial charge in [0.1, 0.15) is 6.04 Å². The minimum Gasteiger partial charge on any atom is -0.477 e. The van der Waals surface area contributed by atoms with Crippen LogP contribution in [0.3, 0.4) is 0 Å². The van der Waals surface area contributed by atoms with E-state index >= 15 is 0 Å². The van der Waals surface area contributed by atoms with Crippen LogP contribution in [0, 0.1) is 5.92 Å². The number of nitrogens with one attached hydrogen (secondary N) is 2. The number of anilines is 2. The van der Waals surface area contributed by atoms with Crippen molar-refractivity contribution in [1.29, 1.82) is 0 Å². The van der Waals surface area contributed by atoms with E-state index in [2.05, 4.69) is 10.6 Å². The molecule has 98 valence electrons. The number of rotatable bonds is 3. The first-order valence-electron chi connectivity index (χ1n) is 5.95. The van der Waals surface area contributed by atoms with E-state index in [1.54, 1.807) is 13.2 Å². The number of aromatic nitrogens is 1. The average Bonchev–Trinajstić information content (AvgIpc) is 2.62. The zero-order chi connectivity index (χ0) is 13.4. The average molecular weight is 251 g/mol. The van der Waals surface area contributed by atoms with Crippen molar-refractivity contribution in [1.82, 2.24) is 4.57 Å². The van der Waals surface area contributed by atoms with Crippen molar-refractivity contribution in [3.63, 3.8) is 0 Å². The number of carbonyl (C=O) groups excluding carboxylic acids is 1. The summed E-state index contributed by atoms with van der Waals surface area (Å²) in [6.45, 7) is 3.96. The van der Waals surface area contributed by atoms with Gasteiger partial charge in [-0.3, -0.25) is 4.79 Å². The quantitative estimate of drug-likeness (QED) is 0.760. The van der Waals surface area contributed by atoms with Gasteiger partial charge in [0.15, 0.2) is 5.69 Å². The fourth-order valence-electron chi connectivity index (χ4n) is 2.19. The maximum Gasteiger partial charge on any atom is 0.354 e. The highest BCUT2D eigenvalue weighted by atomic mass is 16.4. The van der Waals surface area contributed by atoms with Crippen LogP contribution in [0.1, 0.15) is 30.8 Å². The summed E-state index contributed by atoms with van der Waals surface area (Å²) in [4.78, 5) is 23.1. The Bertz CT molecular complexity index is 507. The topological polar surface area (TPSA) is 83.4 Å². The highest BCUT2D eigenvalue weighted by Gasteiger charge is 2.33. The molecular weight excluding hydrogens is 234 g/mol. The summed E-state index contributed by atoms with van der Waals surface area (Å²) in [5, 5.41) is 15.0. The standard InChI is InChI=1S/C12H17N3O3/c1-4-6(2)8-11(16)13-7-5-15(3)10(12(17)18)9(7)14-8/h5-6,8,14H,4H2,1-3H3,(H,13,16)(H,17,18)/t6-,8-/m0/s1. The molecule has 1 aliphatic heterocycles. The lowest BCUT2D eigenvalue weighted by molar-refractivity contribution is -0.118. The van der Waals surface area contributed by atoms with Crippen LogP contribution in [-0.4, -0.2) is 27.6 Å². The predicted molar refractivity (Wildman–Crippen MR) is 67.9 cm³/mol. The van der Waals surface area contributed by atoms with Gasteiger partial charge in [-0.05, 0) is 5.92 Å². The number of hydrogen-bond donors (Lipinski definition) is 3. The molecule has 1 amide bonds. The van der Waals surface area contributed by atoms with Gasteiger partial charge < -0.3 is 20.3 Å². The van der Waals surface area contributed by atoms with Crippen molar-refractivity contribution >= 4 is 23.3 Å². The lowest BCUT2D eigenvalue weighted by atomic mass is 9.96. The first kappa shape index (κ1) is 12.5. The Morgan fingerprint density at radius 2 is 2.28 bits per heavy atom. The maximum atomic E-state index is 11.9. The number of amides is 1. The van der Waals surface area contributed by atoms with Gasteiger partial charge in [-0.2, -0.15) is 0 Å². The molecule has 2 atom stereocenters. The fraction of sp³-hybridized carbons (Fsp3) is 0.500. The molecule has 0 unspecified atom stereocenters. The van der Waals surface area contributed by atoms with E-state index in [4.69, 9.17) is 0 Å². The molecule has 0 aromatic carbocycles. The second-order valence-electron chi connectivity index (χ2n) is 4.68. The molecular formula is C12H17N3O3. The summed E-state index contributed by atoms with van der Waals surface area (Å²) in [7, 11) is 1.65. The van der Waals surface area contributed by atoms with Crippen molar-refractivity contribution in [3.05, 3.63) is 11.9 Å². The number of fused-ring (bicyclic) bond motifs is 1. The van der Waals surface area contributed by atoms with Crippen molar-refractivity contribution < 1.29 is 14.7 Å². The third kappa shape index (κ3) is 1.83. The van der Waals surface area contributed by atoms with Crippen LogP contribution in [-0.2, 0) is 11.8 Å². The van der Waals surface area contributed by atoms with Gasteiger partial charge >= 0.3 is 5.97 Å². The molecule has 2 heterocycles. The van der Waals surface area contributed by atoms with E-state index in [1.165, 1.54) is 4.57 Å². The molecule has 0 fully saturated rings. The van der Waals surface area contributed by atoms with E-state index in [0.29, 0.717) is 11.4 Å². The maximum absolute atomic E-state index is 11.9. The van der Waals surface area contributed by atoms with Crippen molar-refractivity contribution in [2.45, 2.75) is 26.3 Å². The highest BCUT2D eigenvalue weighted by Crippen LogP contribution is 2.33. The molecule has 0 saturated carbocycles. The summed E-state index contributed by atoms with van der Waals surface area (Å²) in [6.07, 6.45) is 2.45. The van der Waals surface area contributed by atoms with Crippen LogP contribution in [0.2, 0.25) is 0 Å². The normalized spacial score (nSPS) is 19.7. The van der Waals surface area contributed by atoms with Crippen LogP contribution in [0.4, 0.5) is 11.4 Å². The van der Waals surface area contributed by atoms with Crippen molar-refractivity contribution in [3.8, 4) is 0 Å². The number of hydrogen-bond acceptors (Lipinski definition) is 3. The van der Waals surface area contributed by atoms with Gasteiger partial charge in [0.2, 0.25) is 5.91 Å². The van der Waals surface area contributed by atoms with E-state index in [-0.39, 0.29) is 23.6 Å². The summed E-state index contributed by atoms with van der Waals surface area (Å²) in [5.41, 5.74) is 1.19. The molecule has 0 radical (unpaired) electrons. The van der Waals surface area contributed by atoms with Crippen LogP contribution in [0.5, 0.6) is 0 Å². The lowest BCUT2D eigenvalue weighted by Gasteiger charge is -2.28. The number of carboxylic acid groups (broad SMARTS) is 1. The molecule has 0 saturated heterocycles. The van der Waals surface area contributed by atoms with Gasteiger partial charge in [-0.15, -0.1) is 0 Å². The number of aryl methyl sites for hydroxylation is 1. The Hall–Kier alpha value is -1.98. The van der Waals surface area contributed by atoms with E-state index in [1.807, 2.05) is 13.8 Å². The highest BCUT2D eigenvalue weighted by molar-refractivity contribution is 6.08. The van der Waals surface area contributed by atoms with Crippen LogP contribution < -0.4 is 10.6 Å². The van der Waals surface area contributed by atoms with E-state index < -0.39 is 5.97 Å². The smallest absolute Gasteiger partial charge is 0.354 e. The van der Waals surface area contributed by atoms with E-state index in [0.717, 1.165) is 6.42 Å². The van der Waals surface area contributed by atoms with Gasteiger partial charge in [0.25, 0.3) is 0 Å². The van der Waals surface area contributed by atoms with Crippen LogP contribution in [0.25, 0.3) is 0 Å². The molecule has 6 heteroatoms. The SMILES string of the molecule is CC[C@H](C)[C@@H]1Nc2c(cn(C)c2C(=O)O)NC1=O. The first-order valence-corrected chi connectivity index (χ1v) is 5.95. The minimum atomic E-state index is -1.01. The Morgan fingerprint density at radius 1 is 1.61 bits per heavy atom. The zero-order valence-electron chi connectivity index (χ0n) is 10.7. The fourth-order valence-corrected chi connectivity index (χ4v) is 2.19. The number of carbonyl (C=O) groups is 2. The van der Waals surface area contributed by atoms with Gasteiger partial charge in [-0.1, -0.05) is 20.3 Å². The monoisotopic (exact) mass is 251 g/mol. The molecule has 0 aliphatic carbocycles. The summed E-state index contributed by atoms with van der Waals surface area (Å²) < 4.78 is 1.50. The Labute approximate surface area is 105 Å². The summed E-state index contributed by atoms with van der Waals surface area (Å²) in [5.74, 6) is -0.982. The minimum absolute atomic E-state index is 0.112. The second-order valence-corrected chi connectivity index (χ2v) is 4.68. The molecule has 3 N–H and O–H groups in total. The molecule has 1 aromatic rings. The van der Waals surface area contributed by atoms with Crippen molar-refractivity contribution in [2.24, 2.45) is 13.0 Å². The molecule has 2 rings (SSSR count). The van der Waals surface area contributed by atoms with Crippen LogP contribution in [0.15, 0.2) is 6.20 Å². The second kappa shape index (κ2) is 4.36. The number of aromatic carboxylic acids is 1. The van der Waals surface area contributed by atoms with Gasteiger partial charge in [0, 0.05) is 13.2 Å². The van der Waals surface area contributed by atoms with Crippen LogP contribution >= 0.6 is 0 Å². The van der Waals surface area contributed by atoms with Gasteiger partial charge in [-0.25, -0.2) is 4.79 Å². The predicted octanol–water partition coefficient (Wildman–Crippen LogP) is 1.50. The molecule has 6 nitrogen and oxygen atoms in total. The molecule has 1 aliphatic rings. The molecule has 0 bridgehead atoms. The Kier molecular flexibility index (Phi) is 3.02. The molecule has 18 heavy (non-hydrogen) atoms. The third-order valence-corrected chi connectivity index (χ3v) is 3.44. The zero-order valence-corrected chi connectivity index (χ0v) is 10.7. The third-order valence-electron chi connectivity index (χ3n) is 3.44. The number of nitrogens with zero attached hydrogens (tertiary/aromatic N) is 1. The molecule has 1 aromatic heterocycles. The summed E-state index contributed by atoms with van der Waals surface area (Å²) >= 11 is 0. The Balaban J connectivity index is 2.42. The van der Waals surface area contributed by atoms with E-state index in [9.17, 15) is 14.7 Å². The lowest BCUT2D eigenvalue weighted by Crippen LogP contribution is -2.43. The van der Waals surface area contributed by atoms with Crippen molar-refractivity contribution in [2.75, 3.05) is 10.6 Å². The first-order chi connectivity index (χ1) is 8.45. The molecule has 0 spiro atoms. The number of carboxylic acids is 1.